The minimum atomic E-state index is -0.162. The molecule has 0 saturated carbocycles. The van der Waals surface area contributed by atoms with Gasteiger partial charge in [-0.15, -0.1) is 0 Å². The number of hydrogen-bond donors (Lipinski definition) is 0. The fraction of sp³-hybridized carbons (Fsp3) is 0.667. The Hall–Kier alpha value is -1.06. The second-order valence-corrected chi connectivity index (χ2v) is 1.88. The van der Waals surface area contributed by atoms with Crippen molar-refractivity contribution in [3.05, 3.63) is 0 Å². The lowest BCUT2D eigenvalue weighted by Gasteiger charge is -2.13. The summed E-state index contributed by atoms with van der Waals surface area (Å²) in [5.74, 6) is 0. The number of nitriles is 2. The molecule has 3 nitrogen and oxygen atoms in total. The van der Waals surface area contributed by atoms with Crippen LogP contribution in [0.3, 0.4) is 0 Å². The van der Waals surface area contributed by atoms with E-state index in [0.717, 1.165) is 0 Å². The highest BCUT2D eigenvalue weighted by molar-refractivity contribution is 4.89. The SMILES string of the molecule is CC(C#N)N(C)CC#N. The van der Waals surface area contributed by atoms with Crippen molar-refractivity contribution in [2.75, 3.05) is 13.6 Å². The van der Waals surface area contributed by atoms with Crippen molar-refractivity contribution >= 4 is 0 Å². The molecular weight excluding hydrogens is 114 g/mol. The van der Waals surface area contributed by atoms with Crippen molar-refractivity contribution < 1.29 is 0 Å². The van der Waals surface area contributed by atoms with Gasteiger partial charge < -0.3 is 0 Å². The van der Waals surface area contributed by atoms with Crippen LogP contribution in [-0.2, 0) is 0 Å². The molecule has 0 aliphatic rings. The molecule has 0 N–H and O–H groups in total. The third-order valence-corrected chi connectivity index (χ3v) is 1.17. The van der Waals surface area contributed by atoms with Gasteiger partial charge in [-0.05, 0) is 14.0 Å². The molecule has 1 atom stereocenters. The van der Waals surface area contributed by atoms with Crippen molar-refractivity contribution in [2.24, 2.45) is 0 Å². The van der Waals surface area contributed by atoms with E-state index in [1.807, 2.05) is 12.1 Å². The molecule has 0 saturated heterocycles. The van der Waals surface area contributed by atoms with E-state index in [1.165, 1.54) is 0 Å². The zero-order valence-electron chi connectivity index (χ0n) is 5.63. The second-order valence-electron chi connectivity index (χ2n) is 1.88. The molecule has 9 heavy (non-hydrogen) atoms. The lowest BCUT2D eigenvalue weighted by atomic mass is 10.3. The maximum absolute atomic E-state index is 8.33. The zero-order chi connectivity index (χ0) is 7.28. The summed E-state index contributed by atoms with van der Waals surface area (Å²) in [5, 5.41) is 16.5. The maximum atomic E-state index is 8.33. The Morgan fingerprint density at radius 3 is 2.44 bits per heavy atom. The molecule has 48 valence electrons. The third-order valence-electron chi connectivity index (χ3n) is 1.17. The molecule has 0 aliphatic heterocycles. The molecular formula is C6H9N3. The van der Waals surface area contributed by atoms with Gasteiger partial charge in [-0.1, -0.05) is 0 Å². The first-order chi connectivity index (χ1) is 4.22. The number of nitrogens with zero attached hydrogens (tertiary/aromatic N) is 3. The topological polar surface area (TPSA) is 50.8 Å². The van der Waals surface area contributed by atoms with Gasteiger partial charge in [0.2, 0.25) is 0 Å². The molecule has 0 heterocycles. The van der Waals surface area contributed by atoms with Crippen LogP contribution in [0.5, 0.6) is 0 Å². The first-order valence-corrected chi connectivity index (χ1v) is 2.69. The molecule has 1 unspecified atom stereocenters. The highest BCUT2D eigenvalue weighted by atomic mass is 15.1. The van der Waals surface area contributed by atoms with E-state index in [4.69, 9.17) is 10.5 Å². The van der Waals surface area contributed by atoms with E-state index in [9.17, 15) is 0 Å². The van der Waals surface area contributed by atoms with Crippen molar-refractivity contribution in [1.29, 1.82) is 10.5 Å². The Morgan fingerprint density at radius 2 is 2.11 bits per heavy atom. The van der Waals surface area contributed by atoms with Crippen LogP contribution >= 0.6 is 0 Å². The zero-order valence-corrected chi connectivity index (χ0v) is 5.63. The van der Waals surface area contributed by atoms with Crippen LogP contribution in [0.15, 0.2) is 0 Å². The molecule has 0 rings (SSSR count). The third kappa shape index (κ3) is 2.69. The van der Waals surface area contributed by atoms with Gasteiger partial charge in [0.05, 0.1) is 24.7 Å². The Kier molecular flexibility index (Phi) is 3.43. The van der Waals surface area contributed by atoms with Gasteiger partial charge in [-0.2, -0.15) is 10.5 Å². The van der Waals surface area contributed by atoms with Crippen molar-refractivity contribution in [2.45, 2.75) is 13.0 Å². The number of rotatable bonds is 2. The summed E-state index contributed by atoms with van der Waals surface area (Å²) < 4.78 is 0. The van der Waals surface area contributed by atoms with Crippen LogP contribution < -0.4 is 0 Å². The van der Waals surface area contributed by atoms with E-state index in [2.05, 4.69) is 0 Å². The average Bonchev–Trinajstić information content (AvgIpc) is 1.87. The van der Waals surface area contributed by atoms with Crippen LogP contribution in [0.2, 0.25) is 0 Å². The molecule has 3 heteroatoms. The fourth-order valence-electron chi connectivity index (χ4n) is 0.347. The summed E-state index contributed by atoms with van der Waals surface area (Å²) in [6.45, 7) is 2.08. The monoisotopic (exact) mass is 123 g/mol. The molecule has 0 aromatic heterocycles. The first-order valence-electron chi connectivity index (χ1n) is 2.69. The van der Waals surface area contributed by atoms with Gasteiger partial charge in [0.25, 0.3) is 0 Å². The van der Waals surface area contributed by atoms with Crippen LogP contribution in [0, 0.1) is 22.7 Å². The molecule has 0 radical (unpaired) electrons. The summed E-state index contributed by atoms with van der Waals surface area (Å²) >= 11 is 0. The molecule has 0 bridgehead atoms. The first kappa shape index (κ1) is 7.94. The highest BCUT2D eigenvalue weighted by Gasteiger charge is 2.04. The Morgan fingerprint density at radius 1 is 1.56 bits per heavy atom. The Bertz CT molecular complexity index is 151. The van der Waals surface area contributed by atoms with E-state index >= 15 is 0 Å². The Balaban J connectivity index is 3.65. The maximum Gasteiger partial charge on any atom is 0.0955 e. The highest BCUT2D eigenvalue weighted by Crippen LogP contribution is 1.89. The minimum Gasteiger partial charge on any atom is -0.278 e. The van der Waals surface area contributed by atoms with Crippen molar-refractivity contribution in [3.8, 4) is 12.1 Å². The summed E-state index contributed by atoms with van der Waals surface area (Å²) in [6.07, 6.45) is 0. The van der Waals surface area contributed by atoms with Crippen LogP contribution in [0.4, 0.5) is 0 Å². The largest absolute Gasteiger partial charge is 0.278 e. The van der Waals surface area contributed by atoms with Crippen molar-refractivity contribution in [3.63, 3.8) is 0 Å². The van der Waals surface area contributed by atoms with Gasteiger partial charge in [0.15, 0.2) is 0 Å². The Labute approximate surface area is 55.1 Å². The van der Waals surface area contributed by atoms with Gasteiger partial charge in [0, 0.05) is 0 Å². The van der Waals surface area contributed by atoms with E-state index in [-0.39, 0.29) is 6.04 Å². The molecule has 0 aromatic carbocycles. The van der Waals surface area contributed by atoms with Crippen LogP contribution in [-0.4, -0.2) is 24.5 Å². The smallest absolute Gasteiger partial charge is 0.0955 e. The van der Waals surface area contributed by atoms with Gasteiger partial charge in [-0.3, -0.25) is 4.90 Å². The van der Waals surface area contributed by atoms with Crippen molar-refractivity contribution in [1.82, 2.24) is 4.90 Å². The summed E-state index contributed by atoms with van der Waals surface area (Å²) in [4.78, 5) is 1.68. The van der Waals surface area contributed by atoms with E-state index < -0.39 is 0 Å². The van der Waals surface area contributed by atoms with Crippen LogP contribution in [0.1, 0.15) is 6.92 Å². The summed E-state index contributed by atoms with van der Waals surface area (Å²) in [7, 11) is 1.75. The molecule has 0 aliphatic carbocycles. The molecule has 0 aromatic rings. The van der Waals surface area contributed by atoms with Gasteiger partial charge in [-0.25, -0.2) is 0 Å². The standard InChI is InChI=1S/C6H9N3/c1-6(5-8)9(2)4-3-7/h6H,4H2,1-2H3. The second kappa shape index (κ2) is 3.88. The molecule has 0 fully saturated rings. The minimum absolute atomic E-state index is 0.162. The molecule has 0 amide bonds. The predicted molar refractivity (Wildman–Crippen MR) is 33.3 cm³/mol. The van der Waals surface area contributed by atoms with E-state index in [0.29, 0.717) is 6.54 Å². The summed E-state index contributed by atoms with van der Waals surface area (Å²) in [6, 6.07) is 3.82. The number of hydrogen-bond acceptors (Lipinski definition) is 3. The lowest BCUT2D eigenvalue weighted by molar-refractivity contribution is 0.339. The lowest BCUT2D eigenvalue weighted by Crippen LogP contribution is -2.27. The predicted octanol–water partition coefficient (Wildman–Crippen LogP) is 0.354. The van der Waals surface area contributed by atoms with Gasteiger partial charge >= 0.3 is 0 Å². The normalized spacial score (nSPS) is 12.1. The fourth-order valence-corrected chi connectivity index (χ4v) is 0.347. The van der Waals surface area contributed by atoms with Gasteiger partial charge in [0.1, 0.15) is 0 Å². The van der Waals surface area contributed by atoms with Crippen LogP contribution in [0.25, 0.3) is 0 Å². The van der Waals surface area contributed by atoms with E-state index in [1.54, 1.807) is 18.9 Å². The average molecular weight is 123 g/mol. The quantitative estimate of drug-likeness (QED) is 0.498. The summed E-state index contributed by atoms with van der Waals surface area (Å²) in [5.41, 5.74) is 0. The molecule has 0 spiro atoms.